The number of hydrogen-bond donors (Lipinski definition) is 0. The highest BCUT2D eigenvalue weighted by Gasteiger charge is 2.16. The third-order valence-electron chi connectivity index (χ3n) is 7.04. The SMILES string of the molecule is N#Cc1ccc2cc(N(c3ccc4cc(C#N)ccc4c3)c3ccc4oc5ccccc5c4c3)ccc2c1. The number of rotatable bonds is 3. The highest BCUT2D eigenvalue weighted by atomic mass is 16.3. The molecule has 6 aromatic carbocycles. The van der Waals surface area contributed by atoms with Gasteiger partial charge in [-0.15, -0.1) is 0 Å². The molecule has 4 nitrogen and oxygen atoms in total. The van der Waals surface area contributed by atoms with E-state index in [1.165, 1.54) is 0 Å². The molecule has 0 unspecified atom stereocenters. The Morgan fingerprint density at radius 2 is 0.974 bits per heavy atom. The van der Waals surface area contributed by atoms with Crippen molar-refractivity contribution in [2.24, 2.45) is 0 Å². The first-order valence-corrected chi connectivity index (χ1v) is 12.3. The van der Waals surface area contributed by atoms with Gasteiger partial charge in [0.2, 0.25) is 0 Å². The molecule has 0 atom stereocenters. The largest absolute Gasteiger partial charge is 0.456 e. The van der Waals surface area contributed by atoms with Gasteiger partial charge in [-0.05, 0) is 94.3 Å². The molecule has 0 fully saturated rings. The maximum absolute atomic E-state index is 9.32. The van der Waals surface area contributed by atoms with Crippen LogP contribution in [0.2, 0.25) is 0 Å². The fraction of sp³-hybridized carbons (Fsp3) is 0. The molecule has 38 heavy (non-hydrogen) atoms. The van der Waals surface area contributed by atoms with Gasteiger partial charge in [0.05, 0.1) is 23.3 Å². The Labute approximate surface area is 218 Å². The van der Waals surface area contributed by atoms with Crippen LogP contribution in [-0.4, -0.2) is 0 Å². The van der Waals surface area contributed by atoms with Gasteiger partial charge in [0, 0.05) is 27.8 Å². The number of hydrogen-bond acceptors (Lipinski definition) is 4. The maximum atomic E-state index is 9.32. The lowest BCUT2D eigenvalue weighted by Gasteiger charge is -2.26. The van der Waals surface area contributed by atoms with Crippen LogP contribution in [0.4, 0.5) is 17.1 Å². The van der Waals surface area contributed by atoms with Gasteiger partial charge in [0.25, 0.3) is 0 Å². The standard InChI is InChI=1S/C34H19N3O/c35-20-22-5-7-26-17-28(11-9-24(26)15-22)37(29-12-10-25-16-23(21-36)6-8-27(25)18-29)30-13-14-34-32(19-30)31-3-1-2-4-33(31)38-34/h1-19H. The van der Waals surface area contributed by atoms with Crippen molar-refractivity contribution in [1.82, 2.24) is 0 Å². The van der Waals surface area contributed by atoms with E-state index in [0.717, 1.165) is 60.5 Å². The van der Waals surface area contributed by atoms with Crippen molar-refractivity contribution < 1.29 is 4.42 Å². The van der Waals surface area contributed by atoms with Crippen molar-refractivity contribution in [3.05, 3.63) is 126 Å². The van der Waals surface area contributed by atoms with E-state index in [1.54, 1.807) is 0 Å². The predicted octanol–water partition coefficient (Wildman–Crippen LogP) is 9.11. The van der Waals surface area contributed by atoms with Gasteiger partial charge in [-0.2, -0.15) is 10.5 Å². The van der Waals surface area contributed by atoms with E-state index in [2.05, 4.69) is 71.6 Å². The highest BCUT2D eigenvalue weighted by Crippen LogP contribution is 2.40. The Balaban J connectivity index is 1.46. The summed E-state index contributed by atoms with van der Waals surface area (Å²) in [6.45, 7) is 0. The first-order chi connectivity index (χ1) is 18.7. The van der Waals surface area contributed by atoms with Crippen molar-refractivity contribution in [3.63, 3.8) is 0 Å². The van der Waals surface area contributed by atoms with Crippen molar-refractivity contribution in [1.29, 1.82) is 10.5 Å². The molecular formula is C34H19N3O. The number of nitriles is 2. The summed E-state index contributed by atoms with van der Waals surface area (Å²) in [6, 6.07) is 42.9. The molecule has 0 aliphatic heterocycles. The molecule has 0 radical (unpaired) electrons. The van der Waals surface area contributed by atoms with Crippen LogP contribution < -0.4 is 4.90 Å². The van der Waals surface area contributed by atoms with Gasteiger partial charge in [0.1, 0.15) is 11.2 Å². The Morgan fingerprint density at radius 1 is 0.474 bits per heavy atom. The van der Waals surface area contributed by atoms with E-state index in [0.29, 0.717) is 11.1 Å². The normalized spacial score (nSPS) is 11.1. The highest BCUT2D eigenvalue weighted by molar-refractivity contribution is 6.07. The molecule has 0 bridgehead atoms. The average molecular weight is 486 g/mol. The second-order valence-corrected chi connectivity index (χ2v) is 9.33. The molecule has 0 saturated carbocycles. The van der Waals surface area contributed by atoms with Gasteiger partial charge in [0.15, 0.2) is 0 Å². The van der Waals surface area contributed by atoms with E-state index in [-0.39, 0.29) is 0 Å². The van der Waals surface area contributed by atoms with Crippen molar-refractivity contribution >= 4 is 60.5 Å². The van der Waals surface area contributed by atoms with Gasteiger partial charge in [-0.3, -0.25) is 0 Å². The summed E-state index contributed by atoms with van der Waals surface area (Å²) in [4.78, 5) is 2.23. The van der Waals surface area contributed by atoms with Crippen LogP contribution in [-0.2, 0) is 0 Å². The lowest BCUT2D eigenvalue weighted by Crippen LogP contribution is -2.09. The lowest BCUT2D eigenvalue weighted by atomic mass is 10.0. The van der Waals surface area contributed by atoms with Crippen LogP contribution in [0.25, 0.3) is 43.5 Å². The van der Waals surface area contributed by atoms with E-state index < -0.39 is 0 Å². The second-order valence-electron chi connectivity index (χ2n) is 9.33. The van der Waals surface area contributed by atoms with E-state index in [1.807, 2.05) is 60.7 Å². The zero-order valence-corrected chi connectivity index (χ0v) is 20.2. The minimum atomic E-state index is 0.644. The monoisotopic (exact) mass is 485 g/mol. The lowest BCUT2D eigenvalue weighted by molar-refractivity contribution is 0.669. The minimum Gasteiger partial charge on any atom is -0.456 e. The molecule has 0 amide bonds. The smallest absolute Gasteiger partial charge is 0.135 e. The summed E-state index contributed by atoms with van der Waals surface area (Å²) in [6.07, 6.45) is 0. The summed E-state index contributed by atoms with van der Waals surface area (Å²) in [5.74, 6) is 0. The van der Waals surface area contributed by atoms with Crippen molar-refractivity contribution in [2.75, 3.05) is 4.90 Å². The Kier molecular flexibility index (Phi) is 4.86. The second kappa shape index (κ2) is 8.52. The predicted molar refractivity (Wildman–Crippen MR) is 153 cm³/mol. The molecule has 0 aliphatic carbocycles. The molecule has 176 valence electrons. The molecule has 0 aliphatic rings. The molecule has 7 rings (SSSR count). The molecule has 1 aromatic heterocycles. The topological polar surface area (TPSA) is 64.0 Å². The van der Waals surface area contributed by atoms with E-state index >= 15 is 0 Å². The zero-order valence-electron chi connectivity index (χ0n) is 20.2. The Bertz CT molecular complexity index is 2030. The van der Waals surface area contributed by atoms with Crippen LogP contribution in [0.3, 0.4) is 0 Å². The molecular weight excluding hydrogens is 466 g/mol. The number of nitrogens with zero attached hydrogens (tertiary/aromatic N) is 3. The molecule has 0 saturated heterocycles. The van der Waals surface area contributed by atoms with Gasteiger partial charge in [-0.25, -0.2) is 0 Å². The van der Waals surface area contributed by atoms with E-state index in [9.17, 15) is 10.5 Å². The first-order valence-electron chi connectivity index (χ1n) is 12.3. The molecule has 1 heterocycles. The Morgan fingerprint density at radius 3 is 1.61 bits per heavy atom. The zero-order chi connectivity index (χ0) is 25.6. The van der Waals surface area contributed by atoms with Gasteiger partial charge in [-0.1, -0.05) is 42.5 Å². The number of fused-ring (bicyclic) bond motifs is 5. The molecule has 7 aromatic rings. The quantitative estimate of drug-likeness (QED) is 0.250. The summed E-state index contributed by atoms with van der Waals surface area (Å²) >= 11 is 0. The van der Waals surface area contributed by atoms with Crippen LogP contribution in [0.5, 0.6) is 0 Å². The summed E-state index contributed by atoms with van der Waals surface area (Å²) in [5.41, 5.74) is 6.01. The first kappa shape index (κ1) is 21.7. The Hall–Kier alpha value is -5.58. The van der Waals surface area contributed by atoms with Crippen molar-refractivity contribution in [3.8, 4) is 12.1 Å². The molecule has 0 spiro atoms. The number of furan rings is 1. The fourth-order valence-electron chi connectivity index (χ4n) is 5.18. The van der Waals surface area contributed by atoms with Crippen LogP contribution in [0, 0.1) is 22.7 Å². The van der Waals surface area contributed by atoms with Gasteiger partial charge < -0.3 is 9.32 Å². The summed E-state index contributed by atoms with van der Waals surface area (Å²) in [7, 11) is 0. The maximum Gasteiger partial charge on any atom is 0.135 e. The third kappa shape index (κ3) is 3.53. The minimum absolute atomic E-state index is 0.644. The average Bonchev–Trinajstić information content (AvgIpc) is 3.35. The van der Waals surface area contributed by atoms with Gasteiger partial charge >= 0.3 is 0 Å². The van der Waals surface area contributed by atoms with Crippen LogP contribution >= 0.6 is 0 Å². The molecule has 4 heteroatoms. The third-order valence-corrected chi connectivity index (χ3v) is 7.04. The van der Waals surface area contributed by atoms with Crippen molar-refractivity contribution in [2.45, 2.75) is 0 Å². The van der Waals surface area contributed by atoms with Crippen LogP contribution in [0.1, 0.15) is 11.1 Å². The number of benzene rings is 6. The molecule has 0 N–H and O–H groups in total. The number of anilines is 3. The number of para-hydroxylation sites is 1. The van der Waals surface area contributed by atoms with Crippen LogP contribution in [0.15, 0.2) is 120 Å². The van der Waals surface area contributed by atoms with E-state index in [4.69, 9.17) is 4.42 Å². The summed E-state index contributed by atoms with van der Waals surface area (Å²) in [5, 5.41) is 24.9. The summed E-state index contributed by atoms with van der Waals surface area (Å²) < 4.78 is 6.09. The fourth-order valence-corrected chi connectivity index (χ4v) is 5.18.